The van der Waals surface area contributed by atoms with Crippen molar-refractivity contribution in [1.82, 2.24) is 0 Å². The first kappa shape index (κ1) is 16.6. The molecule has 0 radical (unpaired) electrons. The van der Waals surface area contributed by atoms with Crippen molar-refractivity contribution in [1.29, 1.82) is 0 Å². The molecule has 1 aliphatic carbocycles. The van der Waals surface area contributed by atoms with Crippen LogP contribution in [0.1, 0.15) is 31.2 Å². The van der Waals surface area contributed by atoms with Crippen LogP contribution in [0.2, 0.25) is 10.0 Å². The van der Waals surface area contributed by atoms with Gasteiger partial charge in [0.05, 0.1) is 24.2 Å². The predicted octanol–water partition coefficient (Wildman–Crippen LogP) is 3.86. The van der Waals surface area contributed by atoms with E-state index in [1.54, 1.807) is 24.3 Å². The molecule has 2 aliphatic rings. The quantitative estimate of drug-likeness (QED) is 0.813. The summed E-state index contributed by atoms with van der Waals surface area (Å²) < 4.78 is 11.0. The van der Waals surface area contributed by atoms with Crippen LogP contribution in [0.25, 0.3) is 6.08 Å². The first-order valence-electron chi connectivity index (χ1n) is 7.69. The van der Waals surface area contributed by atoms with Gasteiger partial charge in [0.15, 0.2) is 0 Å². The zero-order chi connectivity index (χ0) is 16.4. The van der Waals surface area contributed by atoms with Crippen molar-refractivity contribution < 1.29 is 19.4 Å². The Morgan fingerprint density at radius 3 is 2.83 bits per heavy atom. The molecule has 2 atom stereocenters. The third-order valence-corrected chi connectivity index (χ3v) is 4.43. The largest absolute Gasteiger partial charge is 0.493 e. The maximum absolute atomic E-state index is 11.4. The second kappa shape index (κ2) is 7.12. The van der Waals surface area contributed by atoms with E-state index >= 15 is 0 Å². The molecule has 1 N–H and O–H groups in total. The Labute approximate surface area is 145 Å². The highest BCUT2D eigenvalue weighted by Crippen LogP contribution is 2.35. The number of esters is 1. The Morgan fingerprint density at radius 2 is 2.13 bits per heavy atom. The SMILES string of the molecule is O=C1CC(O)CC(C=Cc2c(Cl)cc(Cl)cc2OCC2CC2)O1. The second-order valence-corrected chi connectivity index (χ2v) is 6.88. The van der Waals surface area contributed by atoms with Gasteiger partial charge in [-0.1, -0.05) is 29.3 Å². The predicted molar refractivity (Wildman–Crippen MR) is 88.8 cm³/mol. The molecule has 6 heteroatoms. The van der Waals surface area contributed by atoms with Crippen LogP contribution < -0.4 is 4.74 Å². The summed E-state index contributed by atoms with van der Waals surface area (Å²) in [5.41, 5.74) is 0.702. The molecular weight excluding hydrogens is 339 g/mol. The molecule has 124 valence electrons. The number of halogens is 2. The Balaban J connectivity index is 1.76. The summed E-state index contributed by atoms with van der Waals surface area (Å²) in [7, 11) is 0. The van der Waals surface area contributed by atoms with Gasteiger partial charge in [-0.15, -0.1) is 0 Å². The highest BCUT2D eigenvalue weighted by atomic mass is 35.5. The number of aliphatic hydroxyl groups excluding tert-OH is 1. The lowest BCUT2D eigenvalue weighted by atomic mass is 10.0. The van der Waals surface area contributed by atoms with Crippen molar-refractivity contribution in [3.05, 3.63) is 33.8 Å². The summed E-state index contributed by atoms with van der Waals surface area (Å²) in [5, 5.41) is 10.6. The summed E-state index contributed by atoms with van der Waals surface area (Å²) in [6.07, 6.45) is 5.15. The summed E-state index contributed by atoms with van der Waals surface area (Å²) in [6, 6.07) is 3.38. The summed E-state index contributed by atoms with van der Waals surface area (Å²) in [6.45, 7) is 0.647. The standard InChI is InChI=1S/C17H18Cl2O4/c18-11-5-15(19)14(16(6-11)22-9-10-1-2-10)4-3-13-7-12(20)8-17(21)23-13/h3-6,10,12-13,20H,1-2,7-9H2. The van der Waals surface area contributed by atoms with Gasteiger partial charge in [0.1, 0.15) is 11.9 Å². The molecule has 23 heavy (non-hydrogen) atoms. The van der Waals surface area contributed by atoms with Gasteiger partial charge in [-0.25, -0.2) is 0 Å². The fraction of sp³-hybridized carbons (Fsp3) is 0.471. The Bertz CT molecular complexity index is 625. The number of carbonyl (C=O) groups is 1. The molecule has 0 spiro atoms. The lowest BCUT2D eigenvalue weighted by Gasteiger charge is -2.23. The summed E-state index contributed by atoms with van der Waals surface area (Å²) >= 11 is 12.3. The molecule has 0 amide bonds. The van der Waals surface area contributed by atoms with Gasteiger partial charge in [0, 0.05) is 17.0 Å². The van der Waals surface area contributed by atoms with Crippen molar-refractivity contribution in [2.24, 2.45) is 5.92 Å². The van der Waals surface area contributed by atoms with Crippen LogP contribution in [0.5, 0.6) is 5.75 Å². The van der Waals surface area contributed by atoms with Crippen LogP contribution in [0.15, 0.2) is 18.2 Å². The minimum Gasteiger partial charge on any atom is -0.493 e. The van der Waals surface area contributed by atoms with E-state index in [0.717, 1.165) is 0 Å². The van der Waals surface area contributed by atoms with E-state index in [-0.39, 0.29) is 6.42 Å². The van der Waals surface area contributed by atoms with Crippen LogP contribution in [0.4, 0.5) is 0 Å². The van der Waals surface area contributed by atoms with E-state index in [9.17, 15) is 9.90 Å². The first-order chi connectivity index (χ1) is 11.0. The molecule has 3 rings (SSSR count). The van der Waals surface area contributed by atoms with Crippen LogP contribution in [0, 0.1) is 5.92 Å². The van der Waals surface area contributed by atoms with Gasteiger partial charge in [0.25, 0.3) is 0 Å². The molecule has 1 saturated carbocycles. The average molecular weight is 357 g/mol. The fourth-order valence-corrected chi connectivity index (χ4v) is 3.00. The second-order valence-electron chi connectivity index (χ2n) is 6.03. The average Bonchev–Trinajstić information content (AvgIpc) is 3.27. The van der Waals surface area contributed by atoms with Crippen molar-refractivity contribution in [3.63, 3.8) is 0 Å². The minimum atomic E-state index is -0.669. The van der Waals surface area contributed by atoms with Gasteiger partial charge in [-0.3, -0.25) is 4.79 Å². The number of aliphatic hydroxyl groups is 1. The Kier molecular flexibility index (Phi) is 5.14. The lowest BCUT2D eigenvalue weighted by Crippen LogP contribution is -2.31. The third-order valence-electron chi connectivity index (χ3n) is 3.89. The molecule has 1 aromatic carbocycles. The monoisotopic (exact) mass is 356 g/mol. The van der Waals surface area contributed by atoms with E-state index in [1.165, 1.54) is 12.8 Å². The molecule has 4 nitrogen and oxygen atoms in total. The molecule has 1 aromatic rings. The Hall–Kier alpha value is -1.23. The van der Waals surface area contributed by atoms with Gasteiger partial charge >= 0.3 is 5.97 Å². The number of hydrogen-bond donors (Lipinski definition) is 1. The highest BCUT2D eigenvalue weighted by Gasteiger charge is 2.26. The molecule has 1 heterocycles. The highest BCUT2D eigenvalue weighted by molar-refractivity contribution is 6.35. The van der Waals surface area contributed by atoms with Gasteiger partial charge in [-0.05, 0) is 37.0 Å². The van der Waals surface area contributed by atoms with Crippen molar-refractivity contribution >= 4 is 35.2 Å². The molecular formula is C17H18Cl2O4. The number of carbonyl (C=O) groups excluding carboxylic acids is 1. The number of ether oxygens (including phenoxy) is 2. The minimum absolute atomic E-state index is 0.0434. The number of rotatable bonds is 5. The molecule has 0 aromatic heterocycles. The maximum atomic E-state index is 11.4. The van der Waals surface area contributed by atoms with E-state index in [0.29, 0.717) is 40.3 Å². The van der Waals surface area contributed by atoms with E-state index in [1.807, 2.05) is 0 Å². The van der Waals surface area contributed by atoms with Gasteiger partial charge in [-0.2, -0.15) is 0 Å². The zero-order valence-corrected chi connectivity index (χ0v) is 14.0. The molecule has 1 aliphatic heterocycles. The topological polar surface area (TPSA) is 55.8 Å². The number of cyclic esters (lactones) is 1. The van der Waals surface area contributed by atoms with Crippen LogP contribution in [-0.4, -0.2) is 29.9 Å². The van der Waals surface area contributed by atoms with E-state index in [2.05, 4.69) is 0 Å². The van der Waals surface area contributed by atoms with Crippen molar-refractivity contribution in [2.75, 3.05) is 6.61 Å². The maximum Gasteiger partial charge on any atom is 0.309 e. The lowest BCUT2D eigenvalue weighted by molar-refractivity contribution is -0.156. The Morgan fingerprint density at radius 1 is 1.35 bits per heavy atom. The summed E-state index contributed by atoms with van der Waals surface area (Å²) in [4.78, 5) is 11.4. The smallest absolute Gasteiger partial charge is 0.309 e. The number of benzene rings is 1. The fourth-order valence-electron chi connectivity index (χ4n) is 2.46. The molecule has 1 saturated heterocycles. The zero-order valence-electron chi connectivity index (χ0n) is 12.5. The van der Waals surface area contributed by atoms with Crippen molar-refractivity contribution in [2.45, 2.75) is 37.9 Å². The normalized spacial score (nSPS) is 24.7. The van der Waals surface area contributed by atoms with Crippen molar-refractivity contribution in [3.8, 4) is 5.75 Å². The van der Waals surface area contributed by atoms with Crippen LogP contribution in [0.3, 0.4) is 0 Å². The number of hydrogen-bond acceptors (Lipinski definition) is 4. The van der Waals surface area contributed by atoms with Gasteiger partial charge in [0.2, 0.25) is 0 Å². The van der Waals surface area contributed by atoms with Crippen LogP contribution >= 0.6 is 23.2 Å². The van der Waals surface area contributed by atoms with E-state index < -0.39 is 18.2 Å². The van der Waals surface area contributed by atoms with Gasteiger partial charge < -0.3 is 14.6 Å². The third kappa shape index (κ3) is 4.63. The summed E-state index contributed by atoms with van der Waals surface area (Å²) in [5.74, 6) is 0.832. The van der Waals surface area contributed by atoms with E-state index in [4.69, 9.17) is 32.7 Å². The molecule has 2 unspecified atom stereocenters. The molecule has 0 bridgehead atoms. The first-order valence-corrected chi connectivity index (χ1v) is 8.44. The molecule has 2 fully saturated rings. The van der Waals surface area contributed by atoms with Crippen LogP contribution in [-0.2, 0) is 9.53 Å².